The SMILES string of the molecule is Fc1ccc(F)c(CNCc2cc(-c3cccs3)cs2)c1. The smallest absolute Gasteiger partial charge is 0.127 e. The zero-order valence-corrected chi connectivity index (χ0v) is 12.7. The van der Waals surface area contributed by atoms with Gasteiger partial charge in [0.2, 0.25) is 0 Å². The molecule has 1 aromatic carbocycles. The molecule has 0 aliphatic heterocycles. The van der Waals surface area contributed by atoms with E-state index < -0.39 is 5.82 Å². The van der Waals surface area contributed by atoms with E-state index in [1.165, 1.54) is 21.4 Å². The van der Waals surface area contributed by atoms with Crippen LogP contribution >= 0.6 is 22.7 Å². The highest BCUT2D eigenvalue weighted by Crippen LogP contribution is 2.29. The van der Waals surface area contributed by atoms with Crippen molar-refractivity contribution < 1.29 is 8.78 Å². The second-order valence-corrected chi connectivity index (χ2v) is 6.56. The lowest BCUT2D eigenvalue weighted by Crippen LogP contribution is -2.13. The lowest BCUT2D eigenvalue weighted by molar-refractivity contribution is 0.569. The third kappa shape index (κ3) is 3.56. The minimum atomic E-state index is -0.413. The minimum Gasteiger partial charge on any atom is -0.308 e. The van der Waals surface area contributed by atoms with Crippen molar-refractivity contribution in [2.24, 2.45) is 0 Å². The Bertz CT molecular complexity index is 720. The van der Waals surface area contributed by atoms with E-state index in [0.29, 0.717) is 18.7 Å². The van der Waals surface area contributed by atoms with Gasteiger partial charge < -0.3 is 5.32 Å². The lowest BCUT2D eigenvalue weighted by Gasteiger charge is -2.05. The van der Waals surface area contributed by atoms with Gasteiger partial charge in [0, 0.05) is 34.0 Å². The molecule has 0 aliphatic rings. The van der Waals surface area contributed by atoms with Crippen LogP contribution in [0.5, 0.6) is 0 Å². The van der Waals surface area contributed by atoms with Gasteiger partial charge in [-0.3, -0.25) is 0 Å². The van der Waals surface area contributed by atoms with Crippen molar-refractivity contribution in [2.75, 3.05) is 0 Å². The fourth-order valence-corrected chi connectivity index (χ4v) is 3.69. The van der Waals surface area contributed by atoms with Gasteiger partial charge in [0.05, 0.1) is 0 Å². The molecule has 0 saturated heterocycles. The van der Waals surface area contributed by atoms with Crippen molar-refractivity contribution in [2.45, 2.75) is 13.1 Å². The molecule has 0 unspecified atom stereocenters. The molecule has 5 heteroatoms. The third-order valence-electron chi connectivity index (χ3n) is 3.08. The van der Waals surface area contributed by atoms with Crippen LogP contribution in [0.1, 0.15) is 10.4 Å². The van der Waals surface area contributed by atoms with Gasteiger partial charge in [-0.15, -0.1) is 22.7 Å². The summed E-state index contributed by atoms with van der Waals surface area (Å²) < 4.78 is 26.5. The molecule has 0 radical (unpaired) electrons. The van der Waals surface area contributed by atoms with E-state index in [4.69, 9.17) is 0 Å². The van der Waals surface area contributed by atoms with Crippen molar-refractivity contribution in [3.05, 3.63) is 69.2 Å². The number of nitrogens with one attached hydrogen (secondary N) is 1. The van der Waals surface area contributed by atoms with E-state index in [1.54, 1.807) is 22.7 Å². The highest BCUT2D eigenvalue weighted by Gasteiger charge is 2.05. The first kappa shape index (κ1) is 14.4. The second kappa shape index (κ2) is 6.47. The predicted octanol–water partition coefficient (Wildman–Crippen LogP) is 5.04. The lowest BCUT2D eigenvalue weighted by atomic mass is 10.2. The van der Waals surface area contributed by atoms with Gasteiger partial charge in [-0.05, 0) is 41.1 Å². The summed E-state index contributed by atoms with van der Waals surface area (Å²) in [5.74, 6) is -0.793. The first-order valence-electron chi connectivity index (χ1n) is 6.48. The van der Waals surface area contributed by atoms with Crippen molar-refractivity contribution in [3.8, 4) is 10.4 Å². The van der Waals surface area contributed by atoms with E-state index in [9.17, 15) is 8.78 Å². The topological polar surface area (TPSA) is 12.0 Å². The molecule has 3 aromatic rings. The number of thiophene rings is 2. The molecule has 0 fully saturated rings. The van der Waals surface area contributed by atoms with E-state index in [1.807, 2.05) is 6.07 Å². The molecule has 0 saturated carbocycles. The zero-order chi connectivity index (χ0) is 14.7. The van der Waals surface area contributed by atoms with E-state index in [2.05, 4.69) is 28.2 Å². The monoisotopic (exact) mass is 321 g/mol. The van der Waals surface area contributed by atoms with Crippen LogP contribution in [0.4, 0.5) is 8.78 Å². The standard InChI is InChI=1S/C16H13F2NS2/c17-13-3-4-15(18)11(6-13)8-19-9-14-7-12(10-21-14)16-2-1-5-20-16/h1-7,10,19H,8-9H2. The van der Waals surface area contributed by atoms with Crippen LogP contribution in [0.3, 0.4) is 0 Å². The van der Waals surface area contributed by atoms with Crippen LogP contribution in [-0.4, -0.2) is 0 Å². The van der Waals surface area contributed by atoms with Crippen LogP contribution in [0, 0.1) is 11.6 Å². The highest BCUT2D eigenvalue weighted by molar-refractivity contribution is 7.14. The molecule has 3 rings (SSSR count). The molecule has 0 aliphatic carbocycles. The Morgan fingerprint density at radius 3 is 2.71 bits per heavy atom. The molecule has 2 heterocycles. The average Bonchev–Trinajstić information content (AvgIpc) is 3.13. The van der Waals surface area contributed by atoms with Crippen molar-refractivity contribution in [1.29, 1.82) is 0 Å². The molecule has 0 amide bonds. The summed E-state index contributed by atoms with van der Waals surface area (Å²) in [6.45, 7) is 0.960. The minimum absolute atomic E-state index is 0.315. The maximum Gasteiger partial charge on any atom is 0.127 e. The summed E-state index contributed by atoms with van der Waals surface area (Å²) in [7, 11) is 0. The fourth-order valence-electron chi connectivity index (χ4n) is 2.04. The van der Waals surface area contributed by atoms with Crippen LogP contribution in [-0.2, 0) is 13.1 Å². The highest BCUT2D eigenvalue weighted by atomic mass is 32.1. The van der Waals surface area contributed by atoms with Crippen LogP contribution in [0.15, 0.2) is 47.2 Å². The molecular weight excluding hydrogens is 308 g/mol. The maximum atomic E-state index is 13.5. The molecule has 0 spiro atoms. The van der Waals surface area contributed by atoms with Crippen LogP contribution in [0.2, 0.25) is 0 Å². The Morgan fingerprint density at radius 2 is 1.90 bits per heavy atom. The summed E-state index contributed by atoms with van der Waals surface area (Å²) >= 11 is 3.38. The van der Waals surface area contributed by atoms with Crippen molar-refractivity contribution in [1.82, 2.24) is 5.32 Å². The second-order valence-electron chi connectivity index (χ2n) is 4.62. The summed E-state index contributed by atoms with van der Waals surface area (Å²) in [6, 6.07) is 9.77. The molecule has 0 bridgehead atoms. The Morgan fingerprint density at radius 1 is 1.00 bits per heavy atom. The van der Waals surface area contributed by atoms with Crippen molar-refractivity contribution >= 4 is 22.7 Å². The molecule has 108 valence electrons. The fraction of sp³-hybridized carbons (Fsp3) is 0.125. The average molecular weight is 321 g/mol. The molecule has 0 atom stereocenters. The molecule has 21 heavy (non-hydrogen) atoms. The van der Waals surface area contributed by atoms with Crippen LogP contribution in [0.25, 0.3) is 10.4 Å². The molecule has 2 aromatic heterocycles. The molecule has 1 N–H and O–H groups in total. The van der Waals surface area contributed by atoms with Gasteiger partial charge in [-0.25, -0.2) is 8.78 Å². The van der Waals surface area contributed by atoms with Crippen molar-refractivity contribution in [3.63, 3.8) is 0 Å². The number of hydrogen-bond acceptors (Lipinski definition) is 3. The summed E-state index contributed by atoms with van der Waals surface area (Å²) in [5, 5.41) is 7.32. The van der Waals surface area contributed by atoms with Gasteiger partial charge in [-0.1, -0.05) is 6.07 Å². The molecular formula is C16H13F2NS2. The number of hydrogen-bond donors (Lipinski definition) is 1. The largest absolute Gasteiger partial charge is 0.308 e. The Hall–Kier alpha value is -1.56. The first-order chi connectivity index (χ1) is 10.2. The maximum absolute atomic E-state index is 13.5. The van der Waals surface area contributed by atoms with Gasteiger partial charge in [0.25, 0.3) is 0 Å². The van der Waals surface area contributed by atoms with E-state index in [-0.39, 0.29) is 5.82 Å². The van der Waals surface area contributed by atoms with Gasteiger partial charge in [0.1, 0.15) is 11.6 Å². The third-order valence-corrected chi connectivity index (χ3v) is 4.94. The van der Waals surface area contributed by atoms with Crippen LogP contribution < -0.4 is 5.32 Å². The Labute approximate surface area is 129 Å². The zero-order valence-electron chi connectivity index (χ0n) is 11.1. The normalized spacial score (nSPS) is 11.0. The Kier molecular flexibility index (Phi) is 4.43. The summed E-state index contributed by atoms with van der Waals surface area (Å²) in [6.07, 6.45) is 0. The first-order valence-corrected chi connectivity index (χ1v) is 8.24. The van der Waals surface area contributed by atoms with E-state index >= 15 is 0 Å². The van der Waals surface area contributed by atoms with Gasteiger partial charge in [-0.2, -0.15) is 0 Å². The number of rotatable bonds is 5. The summed E-state index contributed by atoms with van der Waals surface area (Å²) in [4.78, 5) is 2.42. The Balaban J connectivity index is 1.60. The summed E-state index contributed by atoms with van der Waals surface area (Å²) in [5.41, 5.74) is 1.56. The van der Waals surface area contributed by atoms with Gasteiger partial charge >= 0.3 is 0 Å². The quantitative estimate of drug-likeness (QED) is 0.694. The van der Waals surface area contributed by atoms with Gasteiger partial charge in [0.15, 0.2) is 0 Å². The number of benzene rings is 1. The molecule has 1 nitrogen and oxygen atoms in total. The number of halogens is 2. The predicted molar refractivity (Wildman–Crippen MR) is 84.5 cm³/mol. The van der Waals surface area contributed by atoms with E-state index in [0.717, 1.165) is 12.1 Å².